The van der Waals surface area contributed by atoms with Crippen LogP contribution in [0.25, 0.3) is 0 Å². The van der Waals surface area contributed by atoms with Crippen LogP contribution in [0, 0.1) is 0 Å². The summed E-state index contributed by atoms with van der Waals surface area (Å²) in [6, 6.07) is 11.1. The van der Waals surface area contributed by atoms with E-state index in [0.717, 1.165) is 11.8 Å². The Bertz CT molecular complexity index is 860. The summed E-state index contributed by atoms with van der Waals surface area (Å²) >= 11 is 0. The van der Waals surface area contributed by atoms with Gasteiger partial charge in [0.1, 0.15) is 0 Å². The summed E-state index contributed by atoms with van der Waals surface area (Å²) in [5, 5.41) is 2.87. The Kier molecular flexibility index (Phi) is 5.69. The second-order valence-corrected chi connectivity index (χ2v) is 7.62. The molecule has 134 valence electrons. The van der Waals surface area contributed by atoms with Crippen LogP contribution in [0.4, 0.5) is 0 Å². The molecule has 1 amide bonds. The van der Waals surface area contributed by atoms with Gasteiger partial charge in [-0.15, -0.1) is 0 Å². The Hall–Kier alpha value is -2.54. The predicted octanol–water partition coefficient (Wildman–Crippen LogP) is 2.60. The van der Waals surface area contributed by atoms with E-state index in [1.165, 1.54) is 26.4 Å². The summed E-state index contributed by atoms with van der Waals surface area (Å²) in [4.78, 5) is 12.7. The third kappa shape index (κ3) is 4.51. The monoisotopic (exact) mass is 363 g/mol. The van der Waals surface area contributed by atoms with Gasteiger partial charge in [-0.05, 0) is 42.8 Å². The summed E-state index contributed by atoms with van der Waals surface area (Å²) < 4.78 is 33.3. The van der Waals surface area contributed by atoms with Gasteiger partial charge in [0.25, 0.3) is 5.91 Å². The fourth-order valence-corrected chi connectivity index (χ4v) is 2.97. The SMILES string of the molecule is COc1ccc(C(=O)N[C@@H](C)c2ccc(S(C)(=O)=O)cc2)cc1OC. The topological polar surface area (TPSA) is 81.7 Å². The number of carbonyl (C=O) groups excluding carboxylic acids is 1. The molecule has 6 nitrogen and oxygen atoms in total. The molecule has 0 fully saturated rings. The number of rotatable bonds is 6. The Morgan fingerprint density at radius 1 is 1.00 bits per heavy atom. The first-order valence-corrected chi connectivity index (χ1v) is 9.48. The van der Waals surface area contributed by atoms with Crippen LogP contribution in [0.15, 0.2) is 47.4 Å². The first-order valence-electron chi connectivity index (χ1n) is 7.59. The van der Waals surface area contributed by atoms with Gasteiger partial charge < -0.3 is 14.8 Å². The van der Waals surface area contributed by atoms with Crippen molar-refractivity contribution in [3.8, 4) is 11.5 Å². The van der Waals surface area contributed by atoms with E-state index in [2.05, 4.69) is 5.32 Å². The van der Waals surface area contributed by atoms with E-state index >= 15 is 0 Å². The molecule has 25 heavy (non-hydrogen) atoms. The van der Waals surface area contributed by atoms with Gasteiger partial charge in [-0.2, -0.15) is 0 Å². The van der Waals surface area contributed by atoms with Gasteiger partial charge in [-0.3, -0.25) is 4.79 Å². The smallest absolute Gasteiger partial charge is 0.251 e. The molecule has 0 radical (unpaired) electrons. The molecule has 0 aliphatic heterocycles. The predicted molar refractivity (Wildman–Crippen MR) is 95.0 cm³/mol. The second kappa shape index (κ2) is 7.57. The van der Waals surface area contributed by atoms with E-state index in [4.69, 9.17) is 9.47 Å². The van der Waals surface area contributed by atoms with Crippen molar-refractivity contribution in [1.29, 1.82) is 0 Å². The zero-order valence-corrected chi connectivity index (χ0v) is 15.4. The van der Waals surface area contributed by atoms with E-state index in [0.29, 0.717) is 17.1 Å². The van der Waals surface area contributed by atoms with Crippen LogP contribution < -0.4 is 14.8 Å². The van der Waals surface area contributed by atoms with E-state index in [9.17, 15) is 13.2 Å². The van der Waals surface area contributed by atoms with Crippen LogP contribution in [0.3, 0.4) is 0 Å². The number of nitrogens with one attached hydrogen (secondary N) is 1. The Labute approximate surface area is 147 Å². The highest BCUT2D eigenvalue weighted by atomic mass is 32.2. The molecule has 1 N–H and O–H groups in total. The maximum Gasteiger partial charge on any atom is 0.251 e. The van der Waals surface area contributed by atoms with E-state index < -0.39 is 9.84 Å². The summed E-state index contributed by atoms with van der Waals surface area (Å²) in [5.41, 5.74) is 1.25. The standard InChI is InChI=1S/C18H21NO5S/c1-12(13-5-8-15(9-6-13)25(4,21)22)19-18(20)14-7-10-16(23-2)17(11-14)24-3/h5-12H,1-4H3,(H,19,20)/t12-/m0/s1. The van der Waals surface area contributed by atoms with Gasteiger partial charge in [-0.1, -0.05) is 12.1 Å². The summed E-state index contributed by atoms with van der Waals surface area (Å²) in [5.74, 6) is 0.754. The molecule has 0 bridgehead atoms. The van der Waals surface area contributed by atoms with Gasteiger partial charge in [0.2, 0.25) is 0 Å². The first-order chi connectivity index (χ1) is 11.8. The number of hydrogen-bond acceptors (Lipinski definition) is 5. The zero-order chi connectivity index (χ0) is 18.6. The molecule has 0 aromatic heterocycles. The molecule has 2 aromatic rings. The van der Waals surface area contributed by atoms with Gasteiger partial charge in [0.15, 0.2) is 21.3 Å². The van der Waals surface area contributed by atoms with Crippen molar-refractivity contribution in [2.45, 2.75) is 17.9 Å². The van der Waals surface area contributed by atoms with Gasteiger partial charge in [0.05, 0.1) is 25.2 Å². The highest BCUT2D eigenvalue weighted by Crippen LogP contribution is 2.27. The molecule has 0 aliphatic rings. The fourth-order valence-electron chi connectivity index (χ4n) is 2.34. The number of amides is 1. The summed E-state index contributed by atoms with van der Waals surface area (Å²) in [6.07, 6.45) is 1.16. The van der Waals surface area contributed by atoms with Crippen LogP contribution in [0.1, 0.15) is 28.9 Å². The quantitative estimate of drug-likeness (QED) is 0.853. The maximum atomic E-state index is 12.4. The van der Waals surface area contributed by atoms with E-state index in [1.54, 1.807) is 30.3 Å². The molecular weight excluding hydrogens is 342 g/mol. The van der Waals surface area contributed by atoms with Gasteiger partial charge in [0, 0.05) is 11.8 Å². The van der Waals surface area contributed by atoms with Crippen molar-refractivity contribution >= 4 is 15.7 Å². The minimum Gasteiger partial charge on any atom is -0.493 e. The molecule has 0 aliphatic carbocycles. The Morgan fingerprint density at radius 3 is 2.12 bits per heavy atom. The fraction of sp³-hybridized carbons (Fsp3) is 0.278. The van der Waals surface area contributed by atoms with Crippen molar-refractivity contribution in [3.05, 3.63) is 53.6 Å². The molecular formula is C18H21NO5S. The van der Waals surface area contributed by atoms with Crippen molar-refractivity contribution < 1.29 is 22.7 Å². The van der Waals surface area contributed by atoms with Crippen LogP contribution >= 0.6 is 0 Å². The van der Waals surface area contributed by atoms with Gasteiger partial charge in [-0.25, -0.2) is 8.42 Å². The van der Waals surface area contributed by atoms with Crippen LogP contribution in [-0.4, -0.2) is 34.8 Å². The number of methoxy groups -OCH3 is 2. The molecule has 1 atom stereocenters. The molecule has 7 heteroatoms. The van der Waals surface area contributed by atoms with Crippen LogP contribution in [-0.2, 0) is 9.84 Å². The molecule has 2 rings (SSSR count). The number of benzene rings is 2. The minimum absolute atomic E-state index is 0.245. The summed E-state index contributed by atoms with van der Waals surface area (Å²) in [7, 11) is -0.206. The Balaban J connectivity index is 2.14. The van der Waals surface area contributed by atoms with Gasteiger partial charge >= 0.3 is 0 Å². The third-order valence-corrected chi connectivity index (χ3v) is 4.93. The van der Waals surface area contributed by atoms with E-state index in [-0.39, 0.29) is 16.8 Å². The lowest BCUT2D eigenvalue weighted by Crippen LogP contribution is -2.26. The number of ether oxygens (including phenoxy) is 2. The number of carbonyl (C=O) groups is 1. The largest absolute Gasteiger partial charge is 0.493 e. The lowest BCUT2D eigenvalue weighted by molar-refractivity contribution is 0.0939. The molecule has 0 saturated heterocycles. The lowest BCUT2D eigenvalue weighted by Gasteiger charge is -2.16. The second-order valence-electron chi connectivity index (χ2n) is 5.61. The van der Waals surface area contributed by atoms with Crippen molar-refractivity contribution in [2.24, 2.45) is 0 Å². The highest BCUT2D eigenvalue weighted by Gasteiger charge is 2.15. The molecule has 0 heterocycles. The number of sulfone groups is 1. The molecule has 0 saturated carbocycles. The number of hydrogen-bond donors (Lipinski definition) is 1. The highest BCUT2D eigenvalue weighted by molar-refractivity contribution is 7.90. The molecule has 0 spiro atoms. The van der Waals surface area contributed by atoms with Crippen molar-refractivity contribution in [2.75, 3.05) is 20.5 Å². The minimum atomic E-state index is -3.24. The normalized spacial score (nSPS) is 12.3. The van der Waals surface area contributed by atoms with E-state index in [1.807, 2.05) is 6.92 Å². The van der Waals surface area contributed by atoms with Crippen molar-refractivity contribution in [3.63, 3.8) is 0 Å². The molecule has 0 unspecified atom stereocenters. The van der Waals surface area contributed by atoms with Crippen molar-refractivity contribution in [1.82, 2.24) is 5.32 Å². The summed E-state index contributed by atoms with van der Waals surface area (Å²) in [6.45, 7) is 1.83. The maximum absolute atomic E-state index is 12.4. The van der Waals surface area contributed by atoms with Crippen LogP contribution in [0.5, 0.6) is 11.5 Å². The average Bonchev–Trinajstić information content (AvgIpc) is 2.60. The Morgan fingerprint density at radius 2 is 1.60 bits per heavy atom. The average molecular weight is 363 g/mol. The zero-order valence-electron chi connectivity index (χ0n) is 14.6. The lowest BCUT2D eigenvalue weighted by atomic mass is 10.1. The first kappa shape index (κ1) is 18.8. The molecule has 2 aromatic carbocycles. The third-order valence-electron chi connectivity index (χ3n) is 3.80. The van der Waals surface area contributed by atoms with Crippen LogP contribution in [0.2, 0.25) is 0 Å².